The fraction of sp³-hybridized carbons (Fsp3) is 0.882. The molecule has 4 nitrogen and oxygen atoms in total. The van der Waals surface area contributed by atoms with Crippen molar-refractivity contribution in [2.45, 2.75) is 78.6 Å². The number of aliphatic carboxylic acids is 2. The molecular weight excluding hydrogens is 268 g/mol. The van der Waals surface area contributed by atoms with Crippen LogP contribution in [0.2, 0.25) is 0 Å². The first-order chi connectivity index (χ1) is 9.83. The first kappa shape index (κ1) is 18.0. The molecule has 2 N–H and O–H groups in total. The standard InChI is InChI=1S/C17H30O4/c1-4-5-6-7-10-13(2)17(15(20)21)12-9-8-11-16(17,3)14(18)19/h13H,4-12H2,1-3H3,(H,18,19)(H,20,21). The van der Waals surface area contributed by atoms with E-state index in [1.807, 2.05) is 6.92 Å². The molecule has 1 saturated carbocycles. The highest BCUT2D eigenvalue weighted by molar-refractivity contribution is 5.87. The van der Waals surface area contributed by atoms with Crippen LogP contribution in [0.3, 0.4) is 0 Å². The molecule has 0 aromatic rings. The number of hydrogen-bond donors (Lipinski definition) is 2. The predicted octanol–water partition coefficient (Wildman–Crippen LogP) is 4.33. The van der Waals surface area contributed by atoms with Crippen molar-refractivity contribution in [1.82, 2.24) is 0 Å². The van der Waals surface area contributed by atoms with E-state index in [9.17, 15) is 19.8 Å². The van der Waals surface area contributed by atoms with Gasteiger partial charge < -0.3 is 10.2 Å². The minimum absolute atomic E-state index is 0.103. The van der Waals surface area contributed by atoms with E-state index < -0.39 is 22.8 Å². The lowest BCUT2D eigenvalue weighted by Gasteiger charge is -2.49. The van der Waals surface area contributed by atoms with Gasteiger partial charge in [0.2, 0.25) is 0 Å². The minimum Gasteiger partial charge on any atom is -0.481 e. The van der Waals surface area contributed by atoms with E-state index in [1.165, 1.54) is 0 Å². The topological polar surface area (TPSA) is 74.6 Å². The van der Waals surface area contributed by atoms with Crippen LogP contribution in [-0.4, -0.2) is 22.2 Å². The molecular formula is C17H30O4. The zero-order chi connectivity index (χ0) is 16.1. The predicted molar refractivity (Wildman–Crippen MR) is 82.2 cm³/mol. The van der Waals surface area contributed by atoms with Crippen molar-refractivity contribution < 1.29 is 19.8 Å². The fourth-order valence-corrected chi connectivity index (χ4v) is 4.15. The van der Waals surface area contributed by atoms with Crippen LogP contribution in [0.25, 0.3) is 0 Å². The zero-order valence-corrected chi connectivity index (χ0v) is 13.7. The molecule has 122 valence electrons. The Kier molecular flexibility index (Phi) is 6.24. The lowest BCUT2D eigenvalue weighted by molar-refractivity contribution is -0.184. The van der Waals surface area contributed by atoms with Crippen LogP contribution in [0.1, 0.15) is 78.6 Å². The van der Waals surface area contributed by atoms with E-state index in [-0.39, 0.29) is 5.92 Å². The molecule has 0 aliphatic heterocycles. The third kappa shape index (κ3) is 3.24. The highest BCUT2D eigenvalue weighted by Crippen LogP contribution is 2.56. The third-order valence-electron chi connectivity index (χ3n) is 5.67. The molecule has 0 aromatic heterocycles. The monoisotopic (exact) mass is 298 g/mol. The molecule has 0 aromatic carbocycles. The van der Waals surface area contributed by atoms with Crippen LogP contribution >= 0.6 is 0 Å². The Hall–Kier alpha value is -1.06. The number of carboxylic acids is 2. The van der Waals surface area contributed by atoms with E-state index >= 15 is 0 Å². The summed E-state index contributed by atoms with van der Waals surface area (Å²) in [5, 5.41) is 19.6. The largest absolute Gasteiger partial charge is 0.481 e. The Balaban J connectivity index is 2.99. The molecule has 0 radical (unpaired) electrons. The maximum absolute atomic E-state index is 12.1. The maximum atomic E-state index is 12.1. The van der Waals surface area contributed by atoms with Gasteiger partial charge in [-0.25, -0.2) is 0 Å². The zero-order valence-electron chi connectivity index (χ0n) is 13.7. The van der Waals surface area contributed by atoms with E-state index in [1.54, 1.807) is 6.92 Å². The van der Waals surface area contributed by atoms with Gasteiger partial charge in [-0.1, -0.05) is 52.4 Å². The van der Waals surface area contributed by atoms with Crippen molar-refractivity contribution in [3.8, 4) is 0 Å². The Labute approximate surface area is 127 Å². The molecule has 3 atom stereocenters. The van der Waals surface area contributed by atoms with E-state index in [2.05, 4.69) is 6.92 Å². The summed E-state index contributed by atoms with van der Waals surface area (Å²) in [6, 6.07) is 0. The molecule has 0 bridgehead atoms. The SMILES string of the molecule is CCCCCCC(C)C1(C(=O)O)CCCCC1(C)C(=O)O. The number of carbonyl (C=O) groups is 2. The van der Waals surface area contributed by atoms with Crippen LogP contribution in [0.15, 0.2) is 0 Å². The third-order valence-corrected chi connectivity index (χ3v) is 5.67. The summed E-state index contributed by atoms with van der Waals surface area (Å²) in [7, 11) is 0. The molecule has 3 unspecified atom stereocenters. The Morgan fingerprint density at radius 3 is 2.19 bits per heavy atom. The molecule has 1 aliphatic carbocycles. The van der Waals surface area contributed by atoms with Gasteiger partial charge in [0, 0.05) is 0 Å². The lowest BCUT2D eigenvalue weighted by atomic mass is 9.51. The first-order valence-corrected chi connectivity index (χ1v) is 8.29. The van der Waals surface area contributed by atoms with Crippen molar-refractivity contribution >= 4 is 11.9 Å². The van der Waals surface area contributed by atoms with Crippen molar-refractivity contribution in [3.05, 3.63) is 0 Å². The Morgan fingerprint density at radius 1 is 1.05 bits per heavy atom. The van der Waals surface area contributed by atoms with Gasteiger partial charge in [-0.3, -0.25) is 9.59 Å². The highest BCUT2D eigenvalue weighted by Gasteiger charge is 2.61. The summed E-state index contributed by atoms with van der Waals surface area (Å²) in [4.78, 5) is 23.9. The average Bonchev–Trinajstić information content (AvgIpc) is 2.43. The van der Waals surface area contributed by atoms with Crippen LogP contribution in [0.5, 0.6) is 0 Å². The van der Waals surface area contributed by atoms with E-state index in [4.69, 9.17) is 0 Å². The van der Waals surface area contributed by atoms with Gasteiger partial charge in [0.15, 0.2) is 0 Å². The lowest BCUT2D eigenvalue weighted by Crippen LogP contribution is -2.56. The van der Waals surface area contributed by atoms with Crippen molar-refractivity contribution in [1.29, 1.82) is 0 Å². The normalized spacial score (nSPS) is 30.8. The molecule has 1 rings (SSSR count). The number of unbranched alkanes of at least 4 members (excludes halogenated alkanes) is 3. The molecule has 0 spiro atoms. The summed E-state index contributed by atoms with van der Waals surface area (Å²) in [6.07, 6.45) is 7.76. The quantitative estimate of drug-likeness (QED) is 0.654. The van der Waals surface area contributed by atoms with Crippen LogP contribution in [0.4, 0.5) is 0 Å². The van der Waals surface area contributed by atoms with Crippen molar-refractivity contribution in [2.24, 2.45) is 16.7 Å². The van der Waals surface area contributed by atoms with Crippen LogP contribution in [0, 0.1) is 16.7 Å². The Morgan fingerprint density at radius 2 is 1.67 bits per heavy atom. The minimum atomic E-state index is -1.15. The summed E-state index contributed by atoms with van der Waals surface area (Å²) in [5.74, 6) is -1.98. The summed E-state index contributed by atoms with van der Waals surface area (Å²) < 4.78 is 0. The second kappa shape index (κ2) is 7.28. The summed E-state index contributed by atoms with van der Waals surface area (Å²) >= 11 is 0. The van der Waals surface area contributed by atoms with E-state index in [0.29, 0.717) is 12.8 Å². The van der Waals surface area contributed by atoms with Gasteiger partial charge in [-0.2, -0.15) is 0 Å². The highest BCUT2D eigenvalue weighted by atomic mass is 16.4. The average molecular weight is 298 g/mol. The second-order valence-corrected chi connectivity index (χ2v) is 6.87. The first-order valence-electron chi connectivity index (χ1n) is 8.29. The molecule has 4 heteroatoms. The summed E-state index contributed by atoms with van der Waals surface area (Å²) in [5.41, 5.74) is -2.27. The second-order valence-electron chi connectivity index (χ2n) is 6.87. The van der Waals surface area contributed by atoms with Crippen LogP contribution < -0.4 is 0 Å². The smallest absolute Gasteiger partial charge is 0.311 e. The van der Waals surface area contributed by atoms with Gasteiger partial charge in [0.25, 0.3) is 0 Å². The van der Waals surface area contributed by atoms with E-state index in [0.717, 1.165) is 44.9 Å². The molecule has 0 saturated heterocycles. The van der Waals surface area contributed by atoms with Gasteiger partial charge in [-0.05, 0) is 32.1 Å². The van der Waals surface area contributed by atoms with Crippen molar-refractivity contribution in [3.63, 3.8) is 0 Å². The summed E-state index contributed by atoms with van der Waals surface area (Å²) in [6.45, 7) is 5.72. The molecule has 0 amide bonds. The Bertz CT molecular complexity index is 379. The fourth-order valence-electron chi connectivity index (χ4n) is 4.15. The molecule has 0 heterocycles. The molecule has 1 aliphatic rings. The maximum Gasteiger partial charge on any atom is 0.311 e. The van der Waals surface area contributed by atoms with Gasteiger partial charge >= 0.3 is 11.9 Å². The number of rotatable bonds is 8. The van der Waals surface area contributed by atoms with Crippen LogP contribution in [-0.2, 0) is 9.59 Å². The number of carboxylic acid groups (broad SMARTS) is 2. The van der Waals surface area contributed by atoms with Gasteiger partial charge in [0.05, 0.1) is 10.8 Å². The van der Waals surface area contributed by atoms with Crippen molar-refractivity contribution in [2.75, 3.05) is 0 Å². The van der Waals surface area contributed by atoms with Gasteiger partial charge in [-0.15, -0.1) is 0 Å². The number of hydrogen-bond acceptors (Lipinski definition) is 2. The molecule has 1 fully saturated rings. The van der Waals surface area contributed by atoms with Gasteiger partial charge in [0.1, 0.15) is 0 Å². The molecule has 21 heavy (non-hydrogen) atoms.